The van der Waals surface area contributed by atoms with Crippen LogP contribution in [-0.2, 0) is 0 Å². The van der Waals surface area contributed by atoms with Gasteiger partial charge in [-0.25, -0.2) is 0 Å². The normalized spacial score (nSPS) is 12.0. The minimum atomic E-state index is 0.390. The Bertz CT molecular complexity index is 47.1. The van der Waals surface area contributed by atoms with E-state index in [1.807, 2.05) is 0 Å². The summed E-state index contributed by atoms with van der Waals surface area (Å²) in [6.07, 6.45) is 2.38. The van der Waals surface area contributed by atoms with Crippen LogP contribution in [0, 0.1) is 5.41 Å². The predicted octanol–water partition coefficient (Wildman–Crippen LogP) is 3.05. The molecule has 0 aliphatic rings. The second-order valence-electron chi connectivity index (χ2n) is 2.65. The van der Waals surface area contributed by atoms with Crippen molar-refractivity contribution in [2.24, 2.45) is 5.41 Å². The second-order valence-corrected chi connectivity index (χ2v) is 2.92. The SMILES string of the molecule is CCC(C)(CC)CCl. The van der Waals surface area contributed by atoms with Gasteiger partial charge in [0.1, 0.15) is 0 Å². The third-order valence-corrected chi connectivity index (χ3v) is 2.67. The molecule has 0 radical (unpaired) electrons. The molecule has 0 fully saturated rings. The van der Waals surface area contributed by atoms with Gasteiger partial charge in [-0.1, -0.05) is 20.8 Å². The largest absolute Gasteiger partial charge is 0.126 e. The van der Waals surface area contributed by atoms with Crippen molar-refractivity contribution >= 4 is 11.6 Å². The Labute approximate surface area is 57.2 Å². The van der Waals surface area contributed by atoms with Crippen LogP contribution in [0.25, 0.3) is 0 Å². The van der Waals surface area contributed by atoms with Gasteiger partial charge in [-0.05, 0) is 18.3 Å². The van der Waals surface area contributed by atoms with Crippen LogP contribution in [0.2, 0.25) is 0 Å². The van der Waals surface area contributed by atoms with E-state index in [1.165, 1.54) is 12.8 Å². The average Bonchev–Trinajstić information content (AvgIpc) is 1.87. The zero-order chi connectivity index (χ0) is 6.62. The Morgan fingerprint density at radius 3 is 1.62 bits per heavy atom. The first-order valence-electron chi connectivity index (χ1n) is 3.24. The maximum absolute atomic E-state index is 5.71. The first kappa shape index (κ1) is 8.29. The van der Waals surface area contributed by atoms with E-state index in [1.54, 1.807) is 0 Å². The zero-order valence-electron chi connectivity index (χ0n) is 6.00. The molecule has 0 aromatic carbocycles. The summed E-state index contributed by atoms with van der Waals surface area (Å²) >= 11 is 5.71. The molecule has 0 saturated heterocycles. The van der Waals surface area contributed by atoms with Gasteiger partial charge in [-0.3, -0.25) is 0 Å². The molecule has 0 atom stereocenters. The van der Waals surface area contributed by atoms with Gasteiger partial charge in [0.25, 0.3) is 0 Å². The molecule has 0 nitrogen and oxygen atoms in total. The minimum absolute atomic E-state index is 0.390. The summed E-state index contributed by atoms with van der Waals surface area (Å²) in [4.78, 5) is 0. The fourth-order valence-electron chi connectivity index (χ4n) is 0.439. The maximum atomic E-state index is 5.71. The van der Waals surface area contributed by atoms with Gasteiger partial charge < -0.3 is 0 Å². The molecule has 0 rings (SSSR count). The highest BCUT2D eigenvalue weighted by molar-refractivity contribution is 6.18. The maximum Gasteiger partial charge on any atom is 0.0277 e. The average molecular weight is 135 g/mol. The van der Waals surface area contributed by atoms with Crippen LogP contribution in [-0.4, -0.2) is 5.88 Å². The van der Waals surface area contributed by atoms with Crippen LogP contribution in [0.15, 0.2) is 0 Å². The quantitative estimate of drug-likeness (QED) is 0.521. The minimum Gasteiger partial charge on any atom is -0.126 e. The van der Waals surface area contributed by atoms with Crippen molar-refractivity contribution in [3.05, 3.63) is 0 Å². The third-order valence-electron chi connectivity index (χ3n) is 2.03. The fourth-order valence-corrected chi connectivity index (χ4v) is 0.817. The molecule has 0 aromatic heterocycles. The lowest BCUT2D eigenvalue weighted by Crippen LogP contribution is -2.14. The smallest absolute Gasteiger partial charge is 0.0277 e. The first-order valence-corrected chi connectivity index (χ1v) is 3.78. The van der Waals surface area contributed by atoms with Crippen molar-refractivity contribution in [1.82, 2.24) is 0 Å². The summed E-state index contributed by atoms with van der Waals surface area (Å²) in [6.45, 7) is 6.60. The Morgan fingerprint density at radius 2 is 1.62 bits per heavy atom. The fraction of sp³-hybridized carbons (Fsp3) is 1.00. The molecule has 0 amide bonds. The van der Waals surface area contributed by atoms with Gasteiger partial charge in [-0.15, -0.1) is 11.6 Å². The van der Waals surface area contributed by atoms with Crippen LogP contribution in [0.5, 0.6) is 0 Å². The van der Waals surface area contributed by atoms with Crippen LogP contribution in [0.4, 0.5) is 0 Å². The lowest BCUT2D eigenvalue weighted by molar-refractivity contribution is 0.344. The van der Waals surface area contributed by atoms with E-state index in [9.17, 15) is 0 Å². The van der Waals surface area contributed by atoms with E-state index < -0.39 is 0 Å². The lowest BCUT2D eigenvalue weighted by Gasteiger charge is -2.22. The zero-order valence-corrected chi connectivity index (χ0v) is 6.76. The van der Waals surface area contributed by atoms with Crippen molar-refractivity contribution < 1.29 is 0 Å². The highest BCUT2D eigenvalue weighted by atomic mass is 35.5. The van der Waals surface area contributed by atoms with Crippen molar-refractivity contribution in [1.29, 1.82) is 0 Å². The molecule has 1 heteroatoms. The molecule has 0 unspecified atom stereocenters. The number of halogens is 1. The van der Waals surface area contributed by atoms with Gasteiger partial charge >= 0.3 is 0 Å². The molecule has 0 N–H and O–H groups in total. The Kier molecular flexibility index (Phi) is 3.46. The standard InChI is InChI=1S/C7H15Cl/c1-4-7(3,5-2)6-8/h4-6H2,1-3H3. The molecular formula is C7H15Cl. The molecule has 0 aromatic rings. The Hall–Kier alpha value is 0.290. The van der Waals surface area contributed by atoms with Crippen LogP contribution >= 0.6 is 11.6 Å². The van der Waals surface area contributed by atoms with Gasteiger partial charge in [0, 0.05) is 5.88 Å². The van der Waals surface area contributed by atoms with Gasteiger partial charge in [0.05, 0.1) is 0 Å². The third kappa shape index (κ3) is 2.04. The van der Waals surface area contributed by atoms with Crippen molar-refractivity contribution in [2.45, 2.75) is 33.6 Å². The van der Waals surface area contributed by atoms with Crippen LogP contribution < -0.4 is 0 Å². The summed E-state index contributed by atoms with van der Waals surface area (Å²) in [7, 11) is 0. The topological polar surface area (TPSA) is 0 Å². The highest BCUT2D eigenvalue weighted by Gasteiger charge is 2.16. The molecule has 50 valence electrons. The number of hydrogen-bond acceptors (Lipinski definition) is 0. The lowest BCUT2D eigenvalue weighted by atomic mass is 9.87. The molecular weight excluding hydrogens is 120 g/mol. The van der Waals surface area contributed by atoms with Gasteiger partial charge in [-0.2, -0.15) is 0 Å². The highest BCUT2D eigenvalue weighted by Crippen LogP contribution is 2.25. The van der Waals surface area contributed by atoms with E-state index >= 15 is 0 Å². The molecule has 0 saturated carbocycles. The summed E-state index contributed by atoms with van der Waals surface area (Å²) in [5.74, 6) is 0.792. The molecule has 0 bridgehead atoms. The van der Waals surface area contributed by atoms with Crippen LogP contribution in [0.3, 0.4) is 0 Å². The molecule has 0 spiro atoms. The Balaban J connectivity index is 3.58. The van der Waals surface area contributed by atoms with E-state index in [4.69, 9.17) is 11.6 Å². The van der Waals surface area contributed by atoms with Gasteiger partial charge in [0.2, 0.25) is 0 Å². The van der Waals surface area contributed by atoms with E-state index in [2.05, 4.69) is 20.8 Å². The van der Waals surface area contributed by atoms with Crippen LogP contribution in [0.1, 0.15) is 33.6 Å². The molecule has 8 heavy (non-hydrogen) atoms. The summed E-state index contributed by atoms with van der Waals surface area (Å²) in [6, 6.07) is 0. The van der Waals surface area contributed by atoms with Crippen molar-refractivity contribution in [2.75, 3.05) is 5.88 Å². The van der Waals surface area contributed by atoms with E-state index in [0.29, 0.717) is 5.41 Å². The second kappa shape index (κ2) is 3.34. The number of rotatable bonds is 3. The van der Waals surface area contributed by atoms with Gasteiger partial charge in [0.15, 0.2) is 0 Å². The summed E-state index contributed by atoms with van der Waals surface area (Å²) in [5.41, 5.74) is 0.390. The molecule has 0 heterocycles. The first-order chi connectivity index (χ1) is 3.68. The Morgan fingerprint density at radius 1 is 1.25 bits per heavy atom. The van der Waals surface area contributed by atoms with E-state index in [-0.39, 0.29) is 0 Å². The summed E-state index contributed by atoms with van der Waals surface area (Å²) in [5, 5.41) is 0. The number of alkyl halides is 1. The monoisotopic (exact) mass is 134 g/mol. The summed E-state index contributed by atoms with van der Waals surface area (Å²) < 4.78 is 0. The van der Waals surface area contributed by atoms with E-state index in [0.717, 1.165) is 5.88 Å². The number of hydrogen-bond donors (Lipinski definition) is 0. The molecule has 0 aliphatic carbocycles. The van der Waals surface area contributed by atoms with Crippen molar-refractivity contribution in [3.63, 3.8) is 0 Å². The van der Waals surface area contributed by atoms with Crippen molar-refractivity contribution in [3.8, 4) is 0 Å². The molecule has 0 aliphatic heterocycles. The predicted molar refractivity (Wildman–Crippen MR) is 39.4 cm³/mol.